The third-order valence-electron chi connectivity index (χ3n) is 6.97. The predicted octanol–water partition coefficient (Wildman–Crippen LogP) is 4.23. The fourth-order valence-corrected chi connectivity index (χ4v) is 6.34. The minimum atomic E-state index is -0.0108. The Labute approximate surface area is 215 Å². The molecule has 5 rings (SSSR count). The highest BCUT2D eigenvalue weighted by atomic mass is 32.2. The first-order valence-electron chi connectivity index (χ1n) is 12.1. The molecule has 0 spiro atoms. The Kier molecular flexibility index (Phi) is 7.35. The molecule has 180 valence electrons. The van der Waals surface area contributed by atoms with Gasteiger partial charge in [0.2, 0.25) is 5.91 Å². The van der Waals surface area contributed by atoms with Gasteiger partial charge < -0.3 is 14.8 Å². The number of hydrogen-bond acceptors (Lipinski definition) is 4. The van der Waals surface area contributed by atoms with Gasteiger partial charge in [-0.05, 0) is 29.5 Å². The molecule has 7 heteroatoms. The molecule has 1 aromatic heterocycles. The summed E-state index contributed by atoms with van der Waals surface area (Å²) in [4.78, 5) is 27.2. The van der Waals surface area contributed by atoms with E-state index in [0.717, 1.165) is 36.1 Å². The molecular formula is C28H29N3O2S2. The molecule has 3 heterocycles. The van der Waals surface area contributed by atoms with Gasteiger partial charge in [0, 0.05) is 49.8 Å². The normalized spacial score (nSPS) is 18.7. The highest BCUT2D eigenvalue weighted by Crippen LogP contribution is 2.36. The zero-order valence-electron chi connectivity index (χ0n) is 19.5. The van der Waals surface area contributed by atoms with E-state index in [1.165, 1.54) is 22.9 Å². The molecule has 2 aliphatic heterocycles. The Bertz CT molecular complexity index is 1210. The van der Waals surface area contributed by atoms with Crippen LogP contribution in [-0.2, 0) is 11.3 Å². The number of carbonyl (C=O) groups excluding carboxylic acids is 1. The minimum Gasteiger partial charge on any atom is -0.356 e. The van der Waals surface area contributed by atoms with Crippen molar-refractivity contribution in [1.82, 2.24) is 14.8 Å². The van der Waals surface area contributed by atoms with Gasteiger partial charge in [0.15, 0.2) is 0 Å². The molecule has 2 atom stereocenters. The van der Waals surface area contributed by atoms with Gasteiger partial charge in [-0.2, -0.15) is 0 Å². The van der Waals surface area contributed by atoms with Crippen molar-refractivity contribution in [1.29, 1.82) is 0 Å². The molecule has 1 N–H and O–H groups in total. The van der Waals surface area contributed by atoms with Crippen LogP contribution >= 0.6 is 24.0 Å². The number of likely N-dealkylation sites (tertiary alicyclic amines) is 1. The quantitative estimate of drug-likeness (QED) is 0.510. The first-order chi connectivity index (χ1) is 17.1. The molecule has 1 amide bonds. The summed E-state index contributed by atoms with van der Waals surface area (Å²) in [6.07, 6.45) is 1.09. The summed E-state index contributed by atoms with van der Waals surface area (Å²) in [5, 5.41) is 3.12. The van der Waals surface area contributed by atoms with Gasteiger partial charge in [-0.15, -0.1) is 0 Å². The van der Waals surface area contributed by atoms with Gasteiger partial charge in [-0.25, -0.2) is 0 Å². The first kappa shape index (κ1) is 23.8. The number of benzene rings is 2. The average Bonchev–Trinajstić information content (AvgIpc) is 2.89. The lowest BCUT2D eigenvalue weighted by Gasteiger charge is -2.43. The molecule has 0 radical (unpaired) electrons. The SMILES string of the molecule is O=C(CSC(=S)N1C[C@H]2C[C@@H](C1)c1cccc(=O)n1C2)NCC(c1ccccc1)c1ccccc1. The molecule has 2 aromatic carbocycles. The molecule has 0 saturated carbocycles. The Morgan fingerprint density at radius 3 is 2.31 bits per heavy atom. The number of hydrogen-bond donors (Lipinski definition) is 1. The van der Waals surface area contributed by atoms with Crippen LogP contribution in [0.3, 0.4) is 0 Å². The van der Waals surface area contributed by atoms with Crippen molar-refractivity contribution < 1.29 is 4.79 Å². The standard InChI is InChI=1S/C28H29N3O2S2/c32-26(29-15-24(21-8-3-1-4-9-21)22-10-5-2-6-11-22)19-35-28(34)30-16-20-14-23(18-30)25-12-7-13-27(33)31(25)17-20/h1-13,20,23-24H,14-19H2,(H,29,32)/t20-,23+/m1/s1. The second-order valence-electron chi connectivity index (χ2n) is 9.34. The van der Waals surface area contributed by atoms with Crippen LogP contribution in [0.2, 0.25) is 0 Å². The molecule has 1 saturated heterocycles. The number of amides is 1. The van der Waals surface area contributed by atoms with Crippen molar-refractivity contribution in [3.05, 3.63) is 106 Å². The van der Waals surface area contributed by atoms with Crippen LogP contribution in [-0.4, -0.2) is 45.1 Å². The van der Waals surface area contributed by atoms with E-state index < -0.39 is 0 Å². The van der Waals surface area contributed by atoms with Crippen molar-refractivity contribution in [2.24, 2.45) is 5.92 Å². The van der Waals surface area contributed by atoms with Gasteiger partial charge >= 0.3 is 0 Å². The summed E-state index contributed by atoms with van der Waals surface area (Å²) >= 11 is 7.16. The number of carbonyl (C=O) groups is 1. The number of rotatable bonds is 6. The van der Waals surface area contributed by atoms with E-state index >= 15 is 0 Å². The fourth-order valence-electron chi connectivity index (χ4n) is 5.33. The molecule has 2 aliphatic rings. The van der Waals surface area contributed by atoms with Crippen molar-refractivity contribution in [3.63, 3.8) is 0 Å². The molecule has 3 aromatic rings. The van der Waals surface area contributed by atoms with E-state index in [2.05, 4.69) is 40.5 Å². The largest absolute Gasteiger partial charge is 0.356 e. The predicted molar refractivity (Wildman–Crippen MR) is 146 cm³/mol. The van der Waals surface area contributed by atoms with Crippen molar-refractivity contribution in [3.8, 4) is 0 Å². The minimum absolute atomic E-state index is 0.0108. The van der Waals surface area contributed by atoms with Crippen LogP contribution in [0.5, 0.6) is 0 Å². The highest BCUT2D eigenvalue weighted by Gasteiger charge is 2.35. The summed E-state index contributed by atoms with van der Waals surface area (Å²) in [6, 6.07) is 26.1. The third-order valence-corrected chi connectivity index (χ3v) is 8.50. The zero-order chi connectivity index (χ0) is 24.2. The monoisotopic (exact) mass is 503 g/mol. The van der Waals surface area contributed by atoms with Gasteiger partial charge in [-0.3, -0.25) is 9.59 Å². The lowest BCUT2D eigenvalue weighted by atomic mass is 9.83. The summed E-state index contributed by atoms with van der Waals surface area (Å²) in [5.41, 5.74) is 3.56. The summed E-state index contributed by atoms with van der Waals surface area (Å²) < 4.78 is 2.69. The number of thioether (sulfide) groups is 1. The Hall–Kier alpha value is -2.90. The van der Waals surface area contributed by atoms with Crippen molar-refractivity contribution in [2.75, 3.05) is 25.4 Å². The number of piperidine rings is 1. The summed E-state index contributed by atoms with van der Waals surface area (Å²) in [6.45, 7) is 2.93. The second kappa shape index (κ2) is 10.8. The summed E-state index contributed by atoms with van der Waals surface area (Å²) in [5.74, 6) is 1.11. The smallest absolute Gasteiger partial charge is 0.250 e. The summed E-state index contributed by atoms with van der Waals surface area (Å²) in [7, 11) is 0. The second-order valence-corrected chi connectivity index (χ2v) is 10.9. The van der Waals surface area contributed by atoms with Gasteiger partial charge in [0.05, 0.1) is 5.75 Å². The number of thiocarbonyl (C=S) groups is 1. The maximum Gasteiger partial charge on any atom is 0.250 e. The highest BCUT2D eigenvalue weighted by molar-refractivity contribution is 8.23. The van der Waals surface area contributed by atoms with E-state index in [1.807, 2.05) is 47.0 Å². The van der Waals surface area contributed by atoms with Gasteiger partial charge in [-0.1, -0.05) is 90.7 Å². The van der Waals surface area contributed by atoms with E-state index in [0.29, 0.717) is 24.1 Å². The number of fused-ring (bicyclic) bond motifs is 4. The molecule has 2 bridgehead atoms. The number of nitrogens with one attached hydrogen (secondary N) is 1. The van der Waals surface area contributed by atoms with Crippen LogP contribution in [0.1, 0.15) is 35.1 Å². The molecule has 5 nitrogen and oxygen atoms in total. The van der Waals surface area contributed by atoms with Crippen molar-refractivity contribution >= 4 is 34.2 Å². The van der Waals surface area contributed by atoms with Gasteiger partial charge in [0.25, 0.3) is 5.56 Å². The lowest BCUT2D eigenvalue weighted by molar-refractivity contribution is -0.118. The van der Waals surface area contributed by atoms with Gasteiger partial charge in [0.1, 0.15) is 4.32 Å². The molecule has 1 fully saturated rings. The Balaban J connectivity index is 1.16. The van der Waals surface area contributed by atoms with Crippen LogP contribution in [0.4, 0.5) is 0 Å². The van der Waals surface area contributed by atoms with E-state index in [4.69, 9.17) is 12.2 Å². The Morgan fingerprint density at radius 1 is 0.943 bits per heavy atom. The van der Waals surface area contributed by atoms with Crippen molar-refractivity contribution in [2.45, 2.75) is 24.8 Å². The number of aromatic nitrogens is 1. The average molecular weight is 504 g/mol. The zero-order valence-corrected chi connectivity index (χ0v) is 21.1. The molecular weight excluding hydrogens is 474 g/mol. The molecule has 0 unspecified atom stereocenters. The number of pyridine rings is 1. The number of nitrogens with zero attached hydrogens (tertiary/aromatic N) is 2. The maximum atomic E-state index is 12.7. The lowest BCUT2D eigenvalue weighted by Crippen LogP contribution is -2.48. The maximum absolute atomic E-state index is 12.7. The van der Waals surface area contributed by atoms with E-state index in [1.54, 1.807) is 6.07 Å². The Morgan fingerprint density at radius 2 is 1.63 bits per heavy atom. The van der Waals surface area contributed by atoms with Crippen LogP contribution in [0.15, 0.2) is 83.7 Å². The van der Waals surface area contributed by atoms with E-state index in [-0.39, 0.29) is 17.4 Å². The van der Waals surface area contributed by atoms with E-state index in [9.17, 15) is 9.59 Å². The molecule has 35 heavy (non-hydrogen) atoms. The molecule has 0 aliphatic carbocycles. The van der Waals surface area contributed by atoms with Crippen LogP contribution in [0, 0.1) is 5.92 Å². The third kappa shape index (κ3) is 5.52. The topological polar surface area (TPSA) is 54.3 Å². The van der Waals surface area contributed by atoms with Crippen LogP contribution in [0.25, 0.3) is 0 Å². The van der Waals surface area contributed by atoms with Crippen LogP contribution < -0.4 is 10.9 Å². The fraction of sp³-hybridized carbons (Fsp3) is 0.321. The first-order valence-corrected chi connectivity index (χ1v) is 13.5.